The highest BCUT2D eigenvalue weighted by Gasteiger charge is 2.36. The van der Waals surface area contributed by atoms with Crippen LogP contribution >= 0.6 is 22.9 Å². The van der Waals surface area contributed by atoms with Crippen molar-refractivity contribution in [1.29, 1.82) is 0 Å². The first-order valence-corrected chi connectivity index (χ1v) is 8.61. The van der Waals surface area contributed by atoms with Crippen molar-refractivity contribution in [3.05, 3.63) is 45.1 Å². The van der Waals surface area contributed by atoms with E-state index in [0.717, 1.165) is 5.56 Å². The predicted octanol–water partition coefficient (Wildman–Crippen LogP) is 1.30. The van der Waals surface area contributed by atoms with Crippen LogP contribution in [0.1, 0.15) is 33.6 Å². The number of aliphatic hydroxyl groups is 2. The first-order chi connectivity index (χ1) is 11.6. The average Bonchev–Trinajstić information content (AvgIpc) is 3.20. The largest absolute Gasteiger partial charge is 0.394 e. The fraction of sp³-hybridized carbons (Fsp3) is 0.400. The van der Waals surface area contributed by atoms with Gasteiger partial charge >= 0.3 is 0 Å². The Morgan fingerprint density at radius 2 is 2.33 bits per heavy atom. The lowest BCUT2D eigenvalue weighted by molar-refractivity contribution is -0.0226. The van der Waals surface area contributed by atoms with Gasteiger partial charge in [0.2, 0.25) is 0 Å². The number of aliphatic hydroxyl groups excluding tert-OH is 2. The van der Waals surface area contributed by atoms with Crippen molar-refractivity contribution in [2.24, 2.45) is 0 Å². The number of ether oxygens (including phenoxy) is 1. The topological polar surface area (TPSA) is 105 Å². The molecule has 3 heterocycles. The smallest absolute Gasteiger partial charge is 0.271 e. The summed E-state index contributed by atoms with van der Waals surface area (Å²) in [6, 6.07) is 3.44. The van der Waals surface area contributed by atoms with Crippen LogP contribution in [-0.2, 0) is 11.3 Å². The van der Waals surface area contributed by atoms with Gasteiger partial charge in [0, 0.05) is 24.5 Å². The molecule has 7 nitrogen and oxygen atoms in total. The third kappa shape index (κ3) is 3.90. The molecular formula is C15H16ClN3O4S. The molecule has 128 valence electrons. The number of halogens is 1. The number of hydrogen-bond donors (Lipinski definition) is 3. The van der Waals surface area contributed by atoms with Crippen LogP contribution in [0.5, 0.6) is 0 Å². The minimum atomic E-state index is -0.724. The molecule has 1 saturated heterocycles. The molecule has 0 aliphatic carbocycles. The van der Waals surface area contributed by atoms with E-state index >= 15 is 0 Å². The molecular weight excluding hydrogens is 354 g/mol. The molecule has 1 amide bonds. The van der Waals surface area contributed by atoms with E-state index in [4.69, 9.17) is 21.4 Å². The second-order valence-electron chi connectivity index (χ2n) is 5.39. The number of thiazole rings is 1. The number of carbonyl (C=O) groups excluding carboxylic acids is 1. The standard InChI is InChI=1S/C15H16ClN3O4S/c16-13-2-1-8(4-17-13)5-18-14(22)9-7-24-15(19-9)11-3-10(21)12(6-20)23-11/h1-2,4,7,10-12,20-21H,3,5-6H2,(H,18,22)/t10-,11-,12+/m0/s1. The van der Waals surface area contributed by atoms with E-state index < -0.39 is 18.3 Å². The highest BCUT2D eigenvalue weighted by atomic mass is 35.5. The van der Waals surface area contributed by atoms with Gasteiger partial charge in [0.1, 0.15) is 28.1 Å². The Bertz CT molecular complexity index is 709. The van der Waals surface area contributed by atoms with Crippen molar-refractivity contribution in [2.45, 2.75) is 31.3 Å². The SMILES string of the molecule is O=C(NCc1ccc(Cl)nc1)c1csc([C@@H]2C[C@H](O)[C@@H](CO)O2)n1. The van der Waals surface area contributed by atoms with Gasteiger partial charge in [-0.1, -0.05) is 17.7 Å². The number of nitrogens with one attached hydrogen (secondary N) is 1. The molecule has 0 aromatic carbocycles. The quantitative estimate of drug-likeness (QED) is 0.686. The van der Waals surface area contributed by atoms with Crippen molar-refractivity contribution in [3.8, 4) is 0 Å². The molecule has 1 fully saturated rings. The summed E-state index contributed by atoms with van der Waals surface area (Å²) in [5.74, 6) is -0.301. The molecule has 0 radical (unpaired) electrons. The first-order valence-electron chi connectivity index (χ1n) is 7.35. The first kappa shape index (κ1) is 17.2. The summed E-state index contributed by atoms with van der Waals surface area (Å²) < 4.78 is 5.54. The molecule has 24 heavy (non-hydrogen) atoms. The van der Waals surface area contributed by atoms with E-state index in [2.05, 4.69) is 15.3 Å². The van der Waals surface area contributed by atoms with Crippen LogP contribution in [0.25, 0.3) is 0 Å². The maximum absolute atomic E-state index is 12.2. The van der Waals surface area contributed by atoms with Gasteiger partial charge in [0.15, 0.2) is 0 Å². The Hall–Kier alpha value is -1.58. The van der Waals surface area contributed by atoms with Gasteiger partial charge in [-0.3, -0.25) is 4.79 Å². The lowest BCUT2D eigenvalue weighted by Crippen LogP contribution is -2.24. The summed E-state index contributed by atoms with van der Waals surface area (Å²) in [6.07, 6.45) is 0.227. The van der Waals surface area contributed by atoms with Crippen molar-refractivity contribution < 1.29 is 19.7 Å². The van der Waals surface area contributed by atoms with Gasteiger partial charge in [0.05, 0.1) is 12.7 Å². The molecule has 0 spiro atoms. The third-order valence-corrected chi connectivity index (χ3v) is 4.84. The van der Waals surface area contributed by atoms with Gasteiger partial charge in [-0.25, -0.2) is 9.97 Å². The molecule has 3 rings (SSSR count). The summed E-state index contributed by atoms with van der Waals surface area (Å²) in [7, 11) is 0. The predicted molar refractivity (Wildman–Crippen MR) is 87.9 cm³/mol. The second kappa shape index (κ2) is 7.54. The minimum Gasteiger partial charge on any atom is -0.394 e. The zero-order valence-corrected chi connectivity index (χ0v) is 14.1. The molecule has 1 aliphatic heterocycles. The lowest BCUT2D eigenvalue weighted by atomic mass is 10.1. The van der Waals surface area contributed by atoms with E-state index in [9.17, 15) is 9.90 Å². The molecule has 0 unspecified atom stereocenters. The van der Waals surface area contributed by atoms with Gasteiger partial charge in [-0.15, -0.1) is 11.3 Å². The number of aromatic nitrogens is 2. The number of nitrogens with zero attached hydrogens (tertiary/aromatic N) is 2. The van der Waals surface area contributed by atoms with Crippen molar-refractivity contribution >= 4 is 28.8 Å². The molecule has 3 atom stereocenters. The summed E-state index contributed by atoms with van der Waals surface area (Å²) in [5, 5.41) is 24.3. The highest BCUT2D eigenvalue weighted by molar-refractivity contribution is 7.09. The third-order valence-electron chi connectivity index (χ3n) is 3.68. The normalized spacial score (nSPS) is 23.4. The molecule has 3 N–H and O–H groups in total. The Balaban J connectivity index is 1.59. The van der Waals surface area contributed by atoms with Gasteiger partial charge < -0.3 is 20.3 Å². The van der Waals surface area contributed by atoms with Crippen LogP contribution in [0.4, 0.5) is 0 Å². The lowest BCUT2D eigenvalue weighted by Gasteiger charge is -2.09. The second-order valence-corrected chi connectivity index (χ2v) is 6.67. The van der Waals surface area contributed by atoms with Crippen molar-refractivity contribution in [3.63, 3.8) is 0 Å². The van der Waals surface area contributed by atoms with E-state index in [1.807, 2.05) is 0 Å². The molecule has 2 aromatic rings. The van der Waals surface area contributed by atoms with E-state index in [-0.39, 0.29) is 12.5 Å². The number of amides is 1. The van der Waals surface area contributed by atoms with E-state index in [0.29, 0.717) is 28.8 Å². The molecule has 1 aliphatic rings. The zero-order chi connectivity index (χ0) is 17.1. The van der Waals surface area contributed by atoms with Crippen LogP contribution in [0, 0.1) is 0 Å². The Labute approximate surface area is 147 Å². The Morgan fingerprint density at radius 3 is 3.00 bits per heavy atom. The Kier molecular flexibility index (Phi) is 5.42. The van der Waals surface area contributed by atoms with Crippen molar-refractivity contribution in [2.75, 3.05) is 6.61 Å². The van der Waals surface area contributed by atoms with E-state index in [1.165, 1.54) is 11.3 Å². The van der Waals surface area contributed by atoms with Crippen LogP contribution in [0.3, 0.4) is 0 Å². The number of pyridine rings is 1. The van der Waals surface area contributed by atoms with Crippen molar-refractivity contribution in [1.82, 2.24) is 15.3 Å². The fourth-order valence-electron chi connectivity index (χ4n) is 2.38. The number of hydrogen-bond acceptors (Lipinski definition) is 7. The van der Waals surface area contributed by atoms with E-state index in [1.54, 1.807) is 23.7 Å². The summed E-state index contributed by atoms with van der Waals surface area (Å²) >= 11 is 7.01. The van der Waals surface area contributed by atoms with Crippen LogP contribution in [-0.4, -0.2) is 44.9 Å². The molecule has 9 heteroatoms. The summed E-state index contributed by atoms with van der Waals surface area (Å²) in [4.78, 5) is 20.4. The maximum Gasteiger partial charge on any atom is 0.271 e. The monoisotopic (exact) mass is 369 g/mol. The summed E-state index contributed by atoms with van der Waals surface area (Å²) in [6.45, 7) is 0.0760. The zero-order valence-electron chi connectivity index (χ0n) is 12.6. The maximum atomic E-state index is 12.2. The fourth-order valence-corrected chi connectivity index (χ4v) is 3.33. The Morgan fingerprint density at radius 1 is 1.50 bits per heavy atom. The minimum absolute atomic E-state index is 0.245. The summed E-state index contributed by atoms with van der Waals surface area (Å²) in [5.41, 5.74) is 1.12. The highest BCUT2D eigenvalue weighted by Crippen LogP contribution is 2.34. The molecule has 2 aromatic heterocycles. The van der Waals surface area contributed by atoms with Gasteiger partial charge in [0.25, 0.3) is 5.91 Å². The average molecular weight is 370 g/mol. The van der Waals surface area contributed by atoms with Gasteiger partial charge in [-0.2, -0.15) is 0 Å². The molecule has 0 saturated carbocycles. The van der Waals surface area contributed by atoms with Crippen LogP contribution < -0.4 is 5.32 Å². The molecule has 0 bridgehead atoms. The van der Waals surface area contributed by atoms with Crippen LogP contribution in [0.2, 0.25) is 5.15 Å². The number of rotatable bonds is 5. The van der Waals surface area contributed by atoms with Gasteiger partial charge in [-0.05, 0) is 11.6 Å². The van der Waals surface area contributed by atoms with Crippen LogP contribution in [0.15, 0.2) is 23.7 Å². The number of carbonyl (C=O) groups is 1.